The van der Waals surface area contributed by atoms with E-state index in [0.717, 1.165) is 12.0 Å². The van der Waals surface area contributed by atoms with Crippen LogP contribution in [0.15, 0.2) is 42.5 Å². The Kier molecular flexibility index (Phi) is 7.07. The van der Waals surface area contributed by atoms with Gasteiger partial charge in [-0.05, 0) is 29.3 Å². The van der Waals surface area contributed by atoms with Gasteiger partial charge in [0.05, 0.1) is 19.0 Å². The van der Waals surface area contributed by atoms with Crippen molar-refractivity contribution in [1.82, 2.24) is 5.32 Å². The second-order valence-electron chi connectivity index (χ2n) is 7.04. The highest BCUT2D eigenvalue weighted by Gasteiger charge is 2.15. The summed E-state index contributed by atoms with van der Waals surface area (Å²) in [6.07, 6.45) is 0.933. The number of benzene rings is 2. The number of fused-ring (bicyclic) bond motifs is 1. The molecule has 8 nitrogen and oxygen atoms in total. The lowest BCUT2D eigenvalue weighted by molar-refractivity contribution is -0.121. The average molecular weight is 432 g/mol. The molecule has 0 aromatic heterocycles. The lowest BCUT2D eigenvalue weighted by atomic mass is 10.1. The fourth-order valence-electron chi connectivity index (χ4n) is 2.98. The smallest absolute Gasteiger partial charge is 0.220 e. The van der Waals surface area contributed by atoms with E-state index in [1.54, 1.807) is 42.5 Å². The highest BCUT2D eigenvalue weighted by Crippen LogP contribution is 2.30. The summed E-state index contributed by atoms with van der Waals surface area (Å²) >= 11 is 0. The molecule has 1 aliphatic rings. The number of hydrogen-bond donors (Lipinski definition) is 2. The summed E-state index contributed by atoms with van der Waals surface area (Å²) in [5, 5.41) is 7.77. The quantitative estimate of drug-likeness (QED) is 0.614. The second kappa shape index (κ2) is 9.73. The summed E-state index contributed by atoms with van der Waals surface area (Å²) in [6, 6.07) is 11.8. The van der Waals surface area contributed by atoms with Gasteiger partial charge in [-0.3, -0.25) is 9.59 Å². The molecular weight excluding hydrogens is 408 g/mol. The molecule has 0 atom stereocenters. The molecule has 0 aliphatic carbocycles. The number of sulfonamides is 1. The minimum Gasteiger partial charge on any atom is -0.490 e. The number of nitrogens with one attached hydrogen (secondary N) is 1. The van der Waals surface area contributed by atoms with Crippen LogP contribution in [0.25, 0.3) is 0 Å². The van der Waals surface area contributed by atoms with Crippen molar-refractivity contribution in [3.05, 3.63) is 59.2 Å². The van der Waals surface area contributed by atoms with Crippen molar-refractivity contribution in [3.8, 4) is 11.5 Å². The van der Waals surface area contributed by atoms with E-state index in [-0.39, 0.29) is 36.8 Å². The molecule has 30 heavy (non-hydrogen) atoms. The zero-order chi connectivity index (χ0) is 21.6. The summed E-state index contributed by atoms with van der Waals surface area (Å²) < 4.78 is 33.3. The van der Waals surface area contributed by atoms with Gasteiger partial charge in [0.1, 0.15) is 0 Å². The van der Waals surface area contributed by atoms with Crippen LogP contribution in [0.3, 0.4) is 0 Å². The molecule has 3 N–H and O–H groups in total. The van der Waals surface area contributed by atoms with Gasteiger partial charge < -0.3 is 14.8 Å². The highest BCUT2D eigenvalue weighted by atomic mass is 32.2. The molecule has 0 radical (unpaired) electrons. The molecule has 1 aliphatic heterocycles. The molecule has 0 unspecified atom stereocenters. The molecule has 0 saturated heterocycles. The normalized spacial score (nSPS) is 13.4. The Morgan fingerprint density at radius 1 is 0.933 bits per heavy atom. The Balaban J connectivity index is 1.46. The zero-order valence-electron chi connectivity index (χ0n) is 16.4. The number of ether oxygens (including phenoxy) is 2. The first-order valence-corrected chi connectivity index (χ1v) is 11.3. The van der Waals surface area contributed by atoms with Gasteiger partial charge in [0.2, 0.25) is 15.9 Å². The summed E-state index contributed by atoms with van der Waals surface area (Å²) in [7, 11) is -3.58. The van der Waals surface area contributed by atoms with E-state index in [2.05, 4.69) is 5.32 Å². The molecule has 0 bridgehead atoms. The van der Waals surface area contributed by atoms with Crippen LogP contribution < -0.4 is 19.9 Å². The fraction of sp³-hybridized carbons (Fsp3) is 0.333. The minimum absolute atomic E-state index is 0.0662. The number of rotatable bonds is 8. The van der Waals surface area contributed by atoms with Crippen LogP contribution in [0.2, 0.25) is 0 Å². The molecule has 3 rings (SSSR count). The van der Waals surface area contributed by atoms with E-state index in [0.29, 0.717) is 35.8 Å². The molecule has 0 fully saturated rings. The Morgan fingerprint density at radius 2 is 1.60 bits per heavy atom. The molecule has 0 saturated carbocycles. The van der Waals surface area contributed by atoms with Crippen molar-refractivity contribution in [2.45, 2.75) is 31.6 Å². The monoisotopic (exact) mass is 432 g/mol. The summed E-state index contributed by atoms with van der Waals surface area (Å²) in [5.74, 6) is 0.548. The number of nitrogens with two attached hydrogens (primary N) is 1. The number of carbonyl (C=O) groups excluding carboxylic acids is 2. The number of hydrogen-bond acceptors (Lipinski definition) is 6. The maximum absolute atomic E-state index is 12.4. The van der Waals surface area contributed by atoms with Crippen LogP contribution in [-0.4, -0.2) is 33.3 Å². The molecule has 1 amide bonds. The lowest BCUT2D eigenvalue weighted by Crippen LogP contribution is -2.23. The summed E-state index contributed by atoms with van der Waals surface area (Å²) in [4.78, 5) is 24.5. The first-order valence-electron chi connectivity index (χ1n) is 9.58. The third-order valence-corrected chi connectivity index (χ3v) is 5.26. The molecule has 1 heterocycles. The van der Waals surface area contributed by atoms with Crippen molar-refractivity contribution >= 4 is 21.7 Å². The van der Waals surface area contributed by atoms with E-state index in [1.807, 2.05) is 0 Å². The largest absolute Gasteiger partial charge is 0.490 e. The fourth-order valence-corrected chi connectivity index (χ4v) is 3.64. The van der Waals surface area contributed by atoms with Crippen LogP contribution >= 0.6 is 0 Å². The van der Waals surface area contributed by atoms with Gasteiger partial charge in [-0.2, -0.15) is 0 Å². The molecule has 160 valence electrons. The predicted octanol–water partition coefficient (Wildman–Crippen LogP) is 1.92. The van der Waals surface area contributed by atoms with Gasteiger partial charge >= 0.3 is 0 Å². The number of amides is 1. The third-order valence-electron chi connectivity index (χ3n) is 4.53. The van der Waals surface area contributed by atoms with Crippen molar-refractivity contribution in [2.24, 2.45) is 5.14 Å². The van der Waals surface area contributed by atoms with Crippen molar-refractivity contribution < 1.29 is 27.5 Å². The average Bonchev–Trinajstić information content (AvgIpc) is 2.95. The molecule has 0 spiro atoms. The third kappa shape index (κ3) is 6.57. The minimum atomic E-state index is -3.58. The predicted molar refractivity (Wildman–Crippen MR) is 111 cm³/mol. The lowest BCUT2D eigenvalue weighted by Gasteiger charge is -2.09. The van der Waals surface area contributed by atoms with Crippen molar-refractivity contribution in [2.75, 3.05) is 13.2 Å². The Bertz CT molecular complexity index is 1020. The first-order chi connectivity index (χ1) is 14.3. The topological polar surface area (TPSA) is 125 Å². The molecule has 9 heteroatoms. The number of Topliss-reactive ketones (excluding diaryl/α,β-unsaturated/α-hetero) is 1. The van der Waals surface area contributed by atoms with E-state index in [4.69, 9.17) is 14.6 Å². The van der Waals surface area contributed by atoms with Crippen LogP contribution in [0.1, 0.15) is 40.7 Å². The van der Waals surface area contributed by atoms with Crippen molar-refractivity contribution in [3.63, 3.8) is 0 Å². The summed E-state index contributed by atoms with van der Waals surface area (Å²) in [5.41, 5.74) is 1.88. The Hall–Kier alpha value is -2.91. The van der Waals surface area contributed by atoms with Gasteiger partial charge in [-0.25, -0.2) is 13.6 Å². The van der Waals surface area contributed by atoms with E-state index in [1.165, 1.54) is 0 Å². The van der Waals surface area contributed by atoms with Crippen LogP contribution in [0.4, 0.5) is 0 Å². The summed E-state index contributed by atoms with van der Waals surface area (Å²) in [6.45, 7) is 1.40. The number of primary sulfonamides is 1. The van der Waals surface area contributed by atoms with E-state index < -0.39 is 10.0 Å². The number of ketones is 1. The molecular formula is C21H24N2O6S. The van der Waals surface area contributed by atoms with Crippen LogP contribution in [0, 0.1) is 0 Å². The maximum Gasteiger partial charge on any atom is 0.220 e. The van der Waals surface area contributed by atoms with Gasteiger partial charge in [0.15, 0.2) is 17.3 Å². The Labute approximate surface area is 175 Å². The van der Waals surface area contributed by atoms with Crippen molar-refractivity contribution in [1.29, 1.82) is 0 Å². The van der Waals surface area contributed by atoms with Gasteiger partial charge in [-0.1, -0.05) is 24.3 Å². The first kappa shape index (κ1) is 21.8. The Morgan fingerprint density at radius 3 is 2.30 bits per heavy atom. The maximum atomic E-state index is 12.4. The zero-order valence-corrected chi connectivity index (χ0v) is 17.2. The number of carbonyl (C=O) groups is 2. The van der Waals surface area contributed by atoms with Gasteiger partial charge in [0, 0.05) is 31.4 Å². The molecule has 2 aromatic rings. The van der Waals surface area contributed by atoms with Gasteiger partial charge in [0.25, 0.3) is 0 Å². The molecule has 2 aromatic carbocycles. The highest BCUT2D eigenvalue weighted by molar-refractivity contribution is 7.88. The standard InChI is InChI=1S/C21H24N2O6S/c22-30(26,27)14-16-4-2-15(3-5-16)13-23-21(25)9-7-18(24)17-6-8-19-20(12-17)29-11-1-10-28-19/h2-6,8,12H,1,7,9-11,13-14H2,(H,23,25)(H2,22,26,27). The van der Waals surface area contributed by atoms with E-state index >= 15 is 0 Å². The van der Waals surface area contributed by atoms with Gasteiger partial charge in [-0.15, -0.1) is 0 Å². The SMILES string of the molecule is NS(=O)(=O)Cc1ccc(CNC(=O)CCC(=O)c2ccc3c(c2)OCCCO3)cc1. The second-order valence-corrected chi connectivity index (χ2v) is 8.65. The van der Waals surface area contributed by atoms with Crippen LogP contribution in [0.5, 0.6) is 11.5 Å². The van der Waals surface area contributed by atoms with Crippen LogP contribution in [-0.2, 0) is 27.1 Å². The van der Waals surface area contributed by atoms with E-state index in [9.17, 15) is 18.0 Å².